The van der Waals surface area contributed by atoms with E-state index in [-0.39, 0.29) is 24.6 Å². The number of halogens is 1. The molecule has 2 rings (SSSR count). The zero-order chi connectivity index (χ0) is 15.2. The normalized spacial score (nSPS) is 10.2. The van der Waals surface area contributed by atoms with Gasteiger partial charge in [-0.05, 0) is 36.8 Å². The van der Waals surface area contributed by atoms with E-state index in [9.17, 15) is 9.18 Å². The molecule has 21 heavy (non-hydrogen) atoms. The van der Waals surface area contributed by atoms with Gasteiger partial charge in [0.05, 0.1) is 5.56 Å². The van der Waals surface area contributed by atoms with E-state index in [2.05, 4.69) is 0 Å². The van der Waals surface area contributed by atoms with Gasteiger partial charge in [-0.15, -0.1) is 0 Å². The van der Waals surface area contributed by atoms with E-state index >= 15 is 0 Å². The predicted molar refractivity (Wildman–Crippen MR) is 75.5 cm³/mol. The Morgan fingerprint density at radius 1 is 1.10 bits per heavy atom. The minimum absolute atomic E-state index is 0.161. The Bertz CT molecular complexity index is 640. The number of hydrogen-bond donors (Lipinski definition) is 1. The smallest absolute Gasteiger partial charge is 0.335 e. The Hall–Kier alpha value is -2.56. The van der Waals surface area contributed by atoms with Crippen molar-refractivity contribution in [2.75, 3.05) is 13.2 Å². The van der Waals surface area contributed by atoms with Crippen LogP contribution in [0.5, 0.6) is 11.5 Å². The quantitative estimate of drug-likeness (QED) is 0.829. The summed E-state index contributed by atoms with van der Waals surface area (Å²) < 4.78 is 24.1. The van der Waals surface area contributed by atoms with Gasteiger partial charge in [-0.1, -0.05) is 12.1 Å². The Balaban J connectivity index is 1.83. The molecule has 0 fully saturated rings. The van der Waals surface area contributed by atoms with Crippen LogP contribution in [0.4, 0.5) is 4.39 Å². The average Bonchev–Trinajstić information content (AvgIpc) is 2.47. The molecule has 0 heterocycles. The first-order valence-electron chi connectivity index (χ1n) is 6.41. The van der Waals surface area contributed by atoms with E-state index in [0.29, 0.717) is 17.1 Å². The molecule has 0 amide bonds. The van der Waals surface area contributed by atoms with Gasteiger partial charge in [-0.25, -0.2) is 9.18 Å². The molecule has 0 aliphatic heterocycles. The van der Waals surface area contributed by atoms with Gasteiger partial charge in [0.15, 0.2) is 0 Å². The number of benzene rings is 2. The van der Waals surface area contributed by atoms with E-state index in [1.165, 1.54) is 18.2 Å². The Labute approximate surface area is 121 Å². The lowest BCUT2D eigenvalue weighted by Crippen LogP contribution is -2.09. The van der Waals surface area contributed by atoms with Crippen LogP contribution in [0.15, 0.2) is 42.5 Å². The molecule has 5 heteroatoms. The molecule has 4 nitrogen and oxygen atoms in total. The first kappa shape index (κ1) is 14.8. The summed E-state index contributed by atoms with van der Waals surface area (Å²) in [7, 11) is 0. The van der Waals surface area contributed by atoms with Crippen LogP contribution in [-0.4, -0.2) is 24.3 Å². The molecule has 0 radical (unpaired) electrons. The molecular formula is C16H15FO4. The van der Waals surface area contributed by atoms with E-state index in [0.717, 1.165) is 0 Å². The standard InChI is InChI=1S/C16H15FO4/c1-11-5-6-14(10-15(11)17)21-8-7-20-13-4-2-3-12(9-13)16(18)19/h2-6,9-10H,7-8H2,1H3,(H,18,19). The molecule has 0 aliphatic rings. The summed E-state index contributed by atoms with van der Waals surface area (Å²) in [6, 6.07) is 10.8. The maximum atomic E-state index is 13.3. The first-order chi connectivity index (χ1) is 10.1. The maximum absolute atomic E-state index is 13.3. The second kappa shape index (κ2) is 6.74. The van der Waals surface area contributed by atoms with E-state index < -0.39 is 5.97 Å². The SMILES string of the molecule is Cc1ccc(OCCOc2cccc(C(=O)O)c2)cc1F. The number of hydrogen-bond acceptors (Lipinski definition) is 3. The van der Waals surface area contributed by atoms with Crippen molar-refractivity contribution in [2.45, 2.75) is 6.92 Å². The van der Waals surface area contributed by atoms with Gasteiger partial charge in [0, 0.05) is 6.07 Å². The topological polar surface area (TPSA) is 55.8 Å². The van der Waals surface area contributed by atoms with Crippen molar-refractivity contribution in [3.8, 4) is 11.5 Å². The highest BCUT2D eigenvalue weighted by Gasteiger charge is 2.04. The van der Waals surface area contributed by atoms with E-state index in [1.807, 2.05) is 0 Å². The fourth-order valence-corrected chi connectivity index (χ4v) is 1.70. The van der Waals surface area contributed by atoms with Crippen LogP contribution in [0.2, 0.25) is 0 Å². The van der Waals surface area contributed by atoms with Crippen molar-refractivity contribution in [2.24, 2.45) is 0 Å². The molecule has 0 saturated carbocycles. The third-order valence-electron chi connectivity index (χ3n) is 2.85. The number of carboxylic acid groups (broad SMARTS) is 1. The summed E-state index contributed by atoms with van der Waals surface area (Å²) in [4.78, 5) is 10.8. The van der Waals surface area contributed by atoms with Crippen LogP contribution in [0.3, 0.4) is 0 Å². The maximum Gasteiger partial charge on any atom is 0.335 e. The summed E-state index contributed by atoms with van der Waals surface area (Å²) in [5.41, 5.74) is 0.720. The number of rotatable bonds is 6. The summed E-state index contributed by atoms with van der Waals surface area (Å²) >= 11 is 0. The number of aromatic carboxylic acids is 1. The fraction of sp³-hybridized carbons (Fsp3) is 0.188. The second-order valence-corrected chi connectivity index (χ2v) is 4.44. The second-order valence-electron chi connectivity index (χ2n) is 4.44. The summed E-state index contributed by atoms with van der Waals surface area (Å²) in [5, 5.41) is 8.86. The molecule has 0 spiro atoms. The summed E-state index contributed by atoms with van der Waals surface area (Å²) in [6.07, 6.45) is 0. The van der Waals surface area contributed by atoms with E-state index in [1.54, 1.807) is 31.2 Å². The Kier molecular flexibility index (Phi) is 4.77. The third kappa shape index (κ3) is 4.21. The first-order valence-corrected chi connectivity index (χ1v) is 6.41. The number of ether oxygens (including phenoxy) is 2. The Morgan fingerprint density at radius 3 is 2.38 bits per heavy atom. The van der Waals surface area contributed by atoms with Crippen molar-refractivity contribution < 1.29 is 23.8 Å². The highest BCUT2D eigenvalue weighted by molar-refractivity contribution is 5.87. The monoisotopic (exact) mass is 290 g/mol. The predicted octanol–water partition coefficient (Wildman–Crippen LogP) is 3.29. The minimum Gasteiger partial charge on any atom is -0.490 e. The number of carbonyl (C=O) groups is 1. The minimum atomic E-state index is -1.01. The summed E-state index contributed by atoms with van der Waals surface area (Å²) in [5.74, 6) is -0.441. The molecule has 0 unspecified atom stereocenters. The van der Waals surface area contributed by atoms with Crippen molar-refractivity contribution in [1.82, 2.24) is 0 Å². The highest BCUT2D eigenvalue weighted by Crippen LogP contribution is 2.16. The lowest BCUT2D eigenvalue weighted by molar-refractivity contribution is 0.0696. The lowest BCUT2D eigenvalue weighted by atomic mass is 10.2. The van der Waals surface area contributed by atoms with Crippen LogP contribution in [0.25, 0.3) is 0 Å². The zero-order valence-corrected chi connectivity index (χ0v) is 11.5. The molecule has 0 saturated heterocycles. The zero-order valence-electron chi connectivity index (χ0n) is 11.5. The molecule has 1 N–H and O–H groups in total. The molecule has 110 valence electrons. The molecule has 2 aromatic carbocycles. The van der Waals surface area contributed by atoms with Crippen molar-refractivity contribution in [3.05, 3.63) is 59.4 Å². The average molecular weight is 290 g/mol. The summed E-state index contributed by atoms with van der Waals surface area (Å²) in [6.45, 7) is 2.15. The van der Waals surface area contributed by atoms with Crippen molar-refractivity contribution >= 4 is 5.97 Å². The van der Waals surface area contributed by atoms with Crippen molar-refractivity contribution in [1.29, 1.82) is 0 Å². The molecule has 0 atom stereocenters. The van der Waals surface area contributed by atoms with Gasteiger partial charge >= 0.3 is 5.97 Å². The van der Waals surface area contributed by atoms with Gasteiger partial charge in [0.2, 0.25) is 0 Å². The number of carboxylic acids is 1. The van der Waals surface area contributed by atoms with Gasteiger partial charge in [-0.3, -0.25) is 0 Å². The third-order valence-corrected chi connectivity index (χ3v) is 2.85. The molecule has 0 bridgehead atoms. The molecular weight excluding hydrogens is 275 g/mol. The van der Waals surface area contributed by atoms with Crippen LogP contribution in [0, 0.1) is 12.7 Å². The van der Waals surface area contributed by atoms with Gasteiger partial charge in [-0.2, -0.15) is 0 Å². The number of aryl methyl sites for hydroxylation is 1. The largest absolute Gasteiger partial charge is 0.490 e. The van der Waals surface area contributed by atoms with Crippen LogP contribution < -0.4 is 9.47 Å². The van der Waals surface area contributed by atoms with Gasteiger partial charge < -0.3 is 14.6 Å². The molecule has 0 aromatic heterocycles. The van der Waals surface area contributed by atoms with E-state index in [4.69, 9.17) is 14.6 Å². The van der Waals surface area contributed by atoms with Crippen LogP contribution in [-0.2, 0) is 0 Å². The highest BCUT2D eigenvalue weighted by atomic mass is 19.1. The van der Waals surface area contributed by atoms with Gasteiger partial charge in [0.25, 0.3) is 0 Å². The lowest BCUT2D eigenvalue weighted by Gasteiger charge is -2.09. The Morgan fingerprint density at radius 2 is 1.76 bits per heavy atom. The molecule has 2 aromatic rings. The van der Waals surface area contributed by atoms with Crippen LogP contribution in [0.1, 0.15) is 15.9 Å². The van der Waals surface area contributed by atoms with Crippen LogP contribution >= 0.6 is 0 Å². The van der Waals surface area contributed by atoms with Gasteiger partial charge in [0.1, 0.15) is 30.5 Å². The fourth-order valence-electron chi connectivity index (χ4n) is 1.70. The molecule has 0 aliphatic carbocycles. The van der Waals surface area contributed by atoms with Crippen molar-refractivity contribution in [3.63, 3.8) is 0 Å².